The summed E-state index contributed by atoms with van der Waals surface area (Å²) >= 11 is 6.01. The third-order valence-electron chi connectivity index (χ3n) is 2.53. The molecule has 1 aliphatic rings. The SMILES string of the molecule is Cc1ccc(NC(=O)C2CNC2)c(Cl)c1. The van der Waals surface area contributed by atoms with Crippen LogP contribution in [-0.4, -0.2) is 19.0 Å². The summed E-state index contributed by atoms with van der Waals surface area (Å²) in [4.78, 5) is 11.6. The second-order valence-corrected chi connectivity index (χ2v) is 4.23. The molecule has 15 heavy (non-hydrogen) atoms. The van der Waals surface area contributed by atoms with E-state index in [1.807, 2.05) is 25.1 Å². The number of halogens is 1. The van der Waals surface area contributed by atoms with Gasteiger partial charge in [-0.05, 0) is 24.6 Å². The van der Waals surface area contributed by atoms with Gasteiger partial charge in [-0.3, -0.25) is 4.79 Å². The second kappa shape index (κ2) is 4.21. The molecular formula is C11H13ClN2O. The summed E-state index contributed by atoms with van der Waals surface area (Å²) in [5.41, 5.74) is 1.78. The van der Waals surface area contributed by atoms with Gasteiger partial charge < -0.3 is 10.6 Å². The van der Waals surface area contributed by atoms with Crippen LogP contribution in [0.1, 0.15) is 5.56 Å². The van der Waals surface area contributed by atoms with Gasteiger partial charge >= 0.3 is 0 Å². The minimum atomic E-state index is 0.0412. The summed E-state index contributed by atoms with van der Waals surface area (Å²) < 4.78 is 0. The zero-order valence-electron chi connectivity index (χ0n) is 8.51. The van der Waals surface area contributed by atoms with Crippen LogP contribution in [0.4, 0.5) is 5.69 Å². The Kier molecular flexibility index (Phi) is 2.93. The monoisotopic (exact) mass is 224 g/mol. The van der Waals surface area contributed by atoms with Crippen LogP contribution >= 0.6 is 11.6 Å². The highest BCUT2D eigenvalue weighted by molar-refractivity contribution is 6.33. The summed E-state index contributed by atoms with van der Waals surface area (Å²) in [6.45, 7) is 3.48. The minimum Gasteiger partial charge on any atom is -0.324 e. The van der Waals surface area contributed by atoms with E-state index in [0.717, 1.165) is 18.7 Å². The number of rotatable bonds is 2. The van der Waals surface area contributed by atoms with Crippen molar-refractivity contribution in [2.45, 2.75) is 6.92 Å². The number of nitrogens with one attached hydrogen (secondary N) is 2. The first-order valence-electron chi connectivity index (χ1n) is 4.94. The zero-order valence-corrected chi connectivity index (χ0v) is 9.27. The fourth-order valence-corrected chi connectivity index (χ4v) is 1.71. The quantitative estimate of drug-likeness (QED) is 0.805. The Balaban J connectivity index is 2.06. The van der Waals surface area contributed by atoms with Gasteiger partial charge in [-0.1, -0.05) is 17.7 Å². The van der Waals surface area contributed by atoms with Crippen LogP contribution in [0.3, 0.4) is 0 Å². The molecule has 1 aromatic rings. The Morgan fingerprint density at radius 3 is 2.80 bits per heavy atom. The maximum atomic E-state index is 11.6. The fourth-order valence-electron chi connectivity index (χ4n) is 1.43. The molecular weight excluding hydrogens is 212 g/mol. The summed E-state index contributed by atoms with van der Waals surface area (Å²) in [6.07, 6.45) is 0. The number of amides is 1. The highest BCUT2D eigenvalue weighted by atomic mass is 35.5. The predicted molar refractivity (Wildman–Crippen MR) is 61.2 cm³/mol. The van der Waals surface area contributed by atoms with Crippen LogP contribution in [0.5, 0.6) is 0 Å². The molecule has 0 aromatic heterocycles. The molecule has 1 aromatic carbocycles. The Morgan fingerprint density at radius 2 is 2.27 bits per heavy atom. The van der Waals surface area contributed by atoms with E-state index in [-0.39, 0.29) is 11.8 Å². The van der Waals surface area contributed by atoms with Gasteiger partial charge in [-0.25, -0.2) is 0 Å². The van der Waals surface area contributed by atoms with Crippen molar-refractivity contribution in [1.82, 2.24) is 5.32 Å². The highest BCUT2D eigenvalue weighted by Crippen LogP contribution is 2.23. The fraction of sp³-hybridized carbons (Fsp3) is 0.364. The molecule has 1 aliphatic heterocycles. The van der Waals surface area contributed by atoms with Crippen molar-refractivity contribution < 1.29 is 4.79 Å². The lowest BCUT2D eigenvalue weighted by Crippen LogP contribution is -2.48. The Morgan fingerprint density at radius 1 is 1.53 bits per heavy atom. The summed E-state index contributed by atoms with van der Waals surface area (Å²) in [6, 6.07) is 5.61. The standard InChI is InChI=1S/C11H13ClN2O/c1-7-2-3-10(9(12)4-7)14-11(15)8-5-13-6-8/h2-4,8,13H,5-6H2,1H3,(H,14,15). The largest absolute Gasteiger partial charge is 0.324 e. The lowest BCUT2D eigenvalue weighted by molar-refractivity contribution is -0.121. The molecule has 80 valence electrons. The van der Waals surface area contributed by atoms with Crippen molar-refractivity contribution in [2.24, 2.45) is 5.92 Å². The number of carbonyl (C=O) groups is 1. The van der Waals surface area contributed by atoms with Gasteiger partial charge in [0.15, 0.2) is 0 Å². The number of benzene rings is 1. The van der Waals surface area contributed by atoms with E-state index < -0.39 is 0 Å². The molecule has 1 amide bonds. The zero-order chi connectivity index (χ0) is 10.8. The molecule has 1 fully saturated rings. The minimum absolute atomic E-state index is 0.0412. The van der Waals surface area contributed by atoms with Crippen LogP contribution in [0.25, 0.3) is 0 Å². The smallest absolute Gasteiger partial charge is 0.230 e. The molecule has 0 radical (unpaired) electrons. The van der Waals surface area contributed by atoms with E-state index in [4.69, 9.17) is 11.6 Å². The first kappa shape index (κ1) is 10.5. The van der Waals surface area contributed by atoms with Gasteiger partial charge in [0.2, 0.25) is 5.91 Å². The Hall–Kier alpha value is -1.06. The Labute approximate surface area is 93.8 Å². The topological polar surface area (TPSA) is 41.1 Å². The third kappa shape index (κ3) is 2.30. The normalized spacial score (nSPS) is 15.9. The van der Waals surface area contributed by atoms with Crippen LogP contribution < -0.4 is 10.6 Å². The maximum Gasteiger partial charge on any atom is 0.230 e. The summed E-state index contributed by atoms with van der Waals surface area (Å²) in [5.74, 6) is 0.127. The molecule has 0 unspecified atom stereocenters. The third-order valence-corrected chi connectivity index (χ3v) is 2.85. The van der Waals surface area contributed by atoms with Crippen molar-refractivity contribution in [3.63, 3.8) is 0 Å². The van der Waals surface area contributed by atoms with Gasteiger partial charge in [0.25, 0.3) is 0 Å². The molecule has 2 N–H and O–H groups in total. The van der Waals surface area contributed by atoms with Crippen LogP contribution in [0, 0.1) is 12.8 Å². The van der Waals surface area contributed by atoms with Gasteiger partial charge in [0.05, 0.1) is 16.6 Å². The van der Waals surface area contributed by atoms with Gasteiger partial charge in [-0.15, -0.1) is 0 Å². The van der Waals surface area contributed by atoms with E-state index >= 15 is 0 Å². The van der Waals surface area contributed by atoms with Crippen LogP contribution in [-0.2, 0) is 4.79 Å². The van der Waals surface area contributed by atoms with Gasteiger partial charge in [0, 0.05) is 13.1 Å². The van der Waals surface area contributed by atoms with E-state index in [1.54, 1.807) is 0 Å². The van der Waals surface area contributed by atoms with Crippen molar-refractivity contribution in [2.75, 3.05) is 18.4 Å². The first-order chi connectivity index (χ1) is 7.16. The molecule has 1 heterocycles. The molecule has 0 saturated carbocycles. The van der Waals surface area contributed by atoms with Crippen LogP contribution in [0.2, 0.25) is 5.02 Å². The van der Waals surface area contributed by atoms with Crippen LogP contribution in [0.15, 0.2) is 18.2 Å². The Bertz CT molecular complexity index is 388. The number of carbonyl (C=O) groups excluding carboxylic acids is 1. The van der Waals surface area contributed by atoms with Crippen molar-refractivity contribution in [3.8, 4) is 0 Å². The number of hydrogen-bond donors (Lipinski definition) is 2. The molecule has 0 aliphatic carbocycles. The van der Waals surface area contributed by atoms with Gasteiger partial charge in [0.1, 0.15) is 0 Å². The molecule has 0 bridgehead atoms. The van der Waals surface area contributed by atoms with Gasteiger partial charge in [-0.2, -0.15) is 0 Å². The van der Waals surface area contributed by atoms with E-state index in [0.29, 0.717) is 10.7 Å². The van der Waals surface area contributed by atoms with Crippen molar-refractivity contribution in [1.29, 1.82) is 0 Å². The average molecular weight is 225 g/mol. The highest BCUT2D eigenvalue weighted by Gasteiger charge is 2.25. The summed E-state index contributed by atoms with van der Waals surface area (Å²) in [5, 5.41) is 6.48. The number of hydrogen-bond acceptors (Lipinski definition) is 2. The second-order valence-electron chi connectivity index (χ2n) is 3.83. The molecule has 0 spiro atoms. The molecule has 1 saturated heterocycles. The summed E-state index contributed by atoms with van der Waals surface area (Å²) in [7, 11) is 0. The van der Waals surface area contributed by atoms with E-state index in [2.05, 4.69) is 10.6 Å². The maximum absolute atomic E-state index is 11.6. The number of anilines is 1. The molecule has 0 atom stereocenters. The lowest BCUT2D eigenvalue weighted by atomic mass is 10.0. The van der Waals surface area contributed by atoms with E-state index in [1.165, 1.54) is 0 Å². The van der Waals surface area contributed by atoms with E-state index in [9.17, 15) is 4.79 Å². The number of aryl methyl sites for hydroxylation is 1. The molecule has 4 heteroatoms. The van der Waals surface area contributed by atoms with Crippen molar-refractivity contribution >= 4 is 23.2 Å². The van der Waals surface area contributed by atoms with Crippen molar-refractivity contribution in [3.05, 3.63) is 28.8 Å². The lowest BCUT2D eigenvalue weighted by Gasteiger charge is -2.25. The first-order valence-corrected chi connectivity index (χ1v) is 5.32. The predicted octanol–water partition coefficient (Wildman–Crippen LogP) is 1.81. The molecule has 2 rings (SSSR count). The average Bonchev–Trinajstić information content (AvgIpc) is 2.07. The molecule has 3 nitrogen and oxygen atoms in total.